The van der Waals surface area contributed by atoms with E-state index in [4.69, 9.17) is 5.73 Å². The molecule has 82 valence electrons. The van der Waals surface area contributed by atoms with E-state index in [9.17, 15) is 0 Å². The number of hydrogen-bond donors (Lipinski definition) is 1. The molecule has 1 heterocycles. The van der Waals surface area contributed by atoms with Gasteiger partial charge in [-0.05, 0) is 18.6 Å². The number of hydrogen-bond acceptors (Lipinski definition) is 2. The Hall–Kier alpha value is -1.83. The molecular formula is C14H16N2. The van der Waals surface area contributed by atoms with Crippen molar-refractivity contribution in [2.45, 2.75) is 19.8 Å². The van der Waals surface area contributed by atoms with Crippen LogP contribution in [0.2, 0.25) is 0 Å². The SMILES string of the molecule is CCC/C=C/c1cc2ccccc2nc1N. The van der Waals surface area contributed by atoms with Crippen LogP contribution in [0.5, 0.6) is 0 Å². The average Bonchev–Trinajstić information content (AvgIpc) is 2.30. The van der Waals surface area contributed by atoms with Crippen LogP contribution in [0, 0.1) is 0 Å². The lowest BCUT2D eigenvalue weighted by atomic mass is 10.1. The Morgan fingerprint density at radius 2 is 2.12 bits per heavy atom. The summed E-state index contributed by atoms with van der Waals surface area (Å²) in [5, 5.41) is 1.13. The minimum atomic E-state index is 0.603. The number of benzene rings is 1. The Morgan fingerprint density at radius 1 is 1.31 bits per heavy atom. The maximum Gasteiger partial charge on any atom is 0.131 e. The molecule has 2 aromatic rings. The first-order valence-electron chi connectivity index (χ1n) is 5.63. The van der Waals surface area contributed by atoms with Crippen molar-refractivity contribution in [3.05, 3.63) is 42.0 Å². The number of aromatic nitrogens is 1. The molecule has 2 nitrogen and oxygen atoms in total. The zero-order valence-corrected chi connectivity index (χ0v) is 9.48. The number of nitrogens with two attached hydrogens (primary N) is 1. The van der Waals surface area contributed by atoms with Gasteiger partial charge in [0.2, 0.25) is 0 Å². The van der Waals surface area contributed by atoms with Crippen LogP contribution >= 0.6 is 0 Å². The summed E-state index contributed by atoms with van der Waals surface area (Å²) in [6, 6.07) is 10.1. The van der Waals surface area contributed by atoms with Gasteiger partial charge in [0.15, 0.2) is 0 Å². The highest BCUT2D eigenvalue weighted by Crippen LogP contribution is 2.19. The standard InChI is InChI=1S/C14H16N2/c1-2-3-4-8-12-10-11-7-5-6-9-13(11)16-14(12)15/h4-10H,2-3H2,1H3,(H2,15,16)/b8-4+. The zero-order valence-electron chi connectivity index (χ0n) is 9.48. The zero-order chi connectivity index (χ0) is 11.4. The van der Waals surface area contributed by atoms with Crippen LogP contribution in [0.25, 0.3) is 17.0 Å². The molecule has 1 aromatic heterocycles. The van der Waals surface area contributed by atoms with Crippen molar-refractivity contribution >= 4 is 22.8 Å². The number of nitrogens with zero attached hydrogens (tertiary/aromatic N) is 1. The van der Waals surface area contributed by atoms with Crippen LogP contribution in [0.3, 0.4) is 0 Å². The number of nitrogen functional groups attached to an aromatic ring is 1. The normalized spacial score (nSPS) is 11.3. The molecule has 16 heavy (non-hydrogen) atoms. The van der Waals surface area contributed by atoms with Gasteiger partial charge in [0.05, 0.1) is 5.52 Å². The third kappa shape index (κ3) is 2.22. The molecule has 2 rings (SSSR count). The van der Waals surface area contributed by atoms with Gasteiger partial charge in [0, 0.05) is 10.9 Å². The molecule has 0 aliphatic heterocycles. The summed E-state index contributed by atoms with van der Waals surface area (Å²) < 4.78 is 0. The minimum absolute atomic E-state index is 0.603. The number of allylic oxidation sites excluding steroid dienone is 1. The molecule has 0 saturated carbocycles. The third-order valence-electron chi connectivity index (χ3n) is 2.54. The summed E-state index contributed by atoms with van der Waals surface area (Å²) in [6.07, 6.45) is 6.42. The quantitative estimate of drug-likeness (QED) is 0.843. The Morgan fingerprint density at radius 3 is 2.94 bits per heavy atom. The van der Waals surface area contributed by atoms with E-state index in [0.29, 0.717) is 5.82 Å². The Labute approximate surface area is 95.8 Å². The number of rotatable bonds is 3. The van der Waals surface area contributed by atoms with Crippen LogP contribution in [-0.2, 0) is 0 Å². The van der Waals surface area contributed by atoms with Crippen LogP contribution < -0.4 is 5.73 Å². The van der Waals surface area contributed by atoms with Crippen LogP contribution in [-0.4, -0.2) is 4.98 Å². The molecule has 2 N–H and O–H groups in total. The molecule has 0 amide bonds. The lowest BCUT2D eigenvalue weighted by molar-refractivity contribution is 0.962. The number of para-hydroxylation sites is 1. The maximum atomic E-state index is 5.91. The van der Waals surface area contributed by atoms with Crippen molar-refractivity contribution < 1.29 is 0 Å². The van der Waals surface area contributed by atoms with Crippen molar-refractivity contribution in [3.8, 4) is 0 Å². The van der Waals surface area contributed by atoms with Crippen LogP contribution in [0.1, 0.15) is 25.3 Å². The van der Waals surface area contributed by atoms with E-state index >= 15 is 0 Å². The lowest BCUT2D eigenvalue weighted by Crippen LogP contribution is -1.94. The average molecular weight is 212 g/mol. The number of pyridine rings is 1. The number of fused-ring (bicyclic) bond motifs is 1. The Kier molecular flexibility index (Phi) is 3.20. The second kappa shape index (κ2) is 4.79. The highest BCUT2D eigenvalue weighted by Gasteiger charge is 1.99. The summed E-state index contributed by atoms with van der Waals surface area (Å²) in [5.74, 6) is 0.603. The predicted molar refractivity (Wildman–Crippen MR) is 70.1 cm³/mol. The summed E-state index contributed by atoms with van der Waals surface area (Å²) >= 11 is 0. The van der Waals surface area contributed by atoms with Gasteiger partial charge >= 0.3 is 0 Å². The monoisotopic (exact) mass is 212 g/mol. The van der Waals surface area contributed by atoms with Crippen LogP contribution in [0.15, 0.2) is 36.4 Å². The minimum Gasteiger partial charge on any atom is -0.383 e. The Balaban J connectivity index is 2.42. The van der Waals surface area contributed by atoms with E-state index in [0.717, 1.165) is 29.3 Å². The summed E-state index contributed by atoms with van der Waals surface area (Å²) in [4.78, 5) is 4.38. The highest BCUT2D eigenvalue weighted by atomic mass is 14.8. The molecule has 0 spiro atoms. The fourth-order valence-electron chi connectivity index (χ4n) is 1.66. The number of anilines is 1. The molecule has 0 aliphatic rings. The van der Waals surface area contributed by atoms with Gasteiger partial charge in [-0.1, -0.05) is 43.7 Å². The highest BCUT2D eigenvalue weighted by molar-refractivity contribution is 5.84. The van der Waals surface area contributed by atoms with Crippen molar-refractivity contribution in [2.75, 3.05) is 5.73 Å². The van der Waals surface area contributed by atoms with Gasteiger partial charge < -0.3 is 5.73 Å². The van der Waals surface area contributed by atoms with E-state index in [2.05, 4.69) is 36.2 Å². The van der Waals surface area contributed by atoms with Gasteiger partial charge in [0.1, 0.15) is 5.82 Å². The fraction of sp³-hybridized carbons (Fsp3) is 0.214. The predicted octanol–water partition coefficient (Wildman–Crippen LogP) is 3.63. The van der Waals surface area contributed by atoms with Crippen molar-refractivity contribution in [1.82, 2.24) is 4.98 Å². The molecule has 0 saturated heterocycles. The van der Waals surface area contributed by atoms with Crippen molar-refractivity contribution in [3.63, 3.8) is 0 Å². The molecule has 1 aromatic carbocycles. The topological polar surface area (TPSA) is 38.9 Å². The van der Waals surface area contributed by atoms with E-state index in [1.807, 2.05) is 18.2 Å². The fourth-order valence-corrected chi connectivity index (χ4v) is 1.66. The molecule has 0 aliphatic carbocycles. The molecule has 0 unspecified atom stereocenters. The van der Waals surface area contributed by atoms with Gasteiger partial charge in [-0.3, -0.25) is 0 Å². The molecule has 0 fully saturated rings. The van der Waals surface area contributed by atoms with Crippen molar-refractivity contribution in [2.24, 2.45) is 0 Å². The lowest BCUT2D eigenvalue weighted by Gasteiger charge is -2.02. The van der Waals surface area contributed by atoms with Gasteiger partial charge in [-0.15, -0.1) is 0 Å². The molecule has 2 heteroatoms. The Bertz CT molecular complexity index is 515. The maximum absolute atomic E-state index is 5.91. The first-order chi connectivity index (χ1) is 7.81. The largest absolute Gasteiger partial charge is 0.383 e. The summed E-state index contributed by atoms with van der Waals surface area (Å²) in [5.41, 5.74) is 7.86. The molecular weight excluding hydrogens is 196 g/mol. The third-order valence-corrected chi connectivity index (χ3v) is 2.54. The molecule has 0 bridgehead atoms. The molecule has 0 radical (unpaired) electrons. The van der Waals surface area contributed by atoms with Gasteiger partial charge in [-0.2, -0.15) is 0 Å². The second-order valence-electron chi connectivity index (χ2n) is 3.85. The van der Waals surface area contributed by atoms with Crippen molar-refractivity contribution in [1.29, 1.82) is 0 Å². The van der Waals surface area contributed by atoms with E-state index < -0.39 is 0 Å². The van der Waals surface area contributed by atoms with Gasteiger partial charge in [0.25, 0.3) is 0 Å². The van der Waals surface area contributed by atoms with E-state index in [1.54, 1.807) is 0 Å². The summed E-state index contributed by atoms with van der Waals surface area (Å²) in [7, 11) is 0. The first kappa shape index (κ1) is 10.7. The number of unbranched alkanes of at least 4 members (excludes halogenated alkanes) is 1. The summed E-state index contributed by atoms with van der Waals surface area (Å²) in [6.45, 7) is 2.16. The van der Waals surface area contributed by atoms with E-state index in [1.165, 1.54) is 0 Å². The van der Waals surface area contributed by atoms with Crippen LogP contribution in [0.4, 0.5) is 5.82 Å². The second-order valence-corrected chi connectivity index (χ2v) is 3.85. The smallest absolute Gasteiger partial charge is 0.131 e. The van der Waals surface area contributed by atoms with E-state index in [-0.39, 0.29) is 0 Å². The van der Waals surface area contributed by atoms with Gasteiger partial charge in [-0.25, -0.2) is 4.98 Å². The first-order valence-corrected chi connectivity index (χ1v) is 5.63. The molecule has 0 atom stereocenters.